The number of aliphatic imine (C=N–C) groups is 1. The molecule has 1 aliphatic carbocycles. The fourth-order valence-electron chi connectivity index (χ4n) is 3.61. The van der Waals surface area contributed by atoms with Crippen LogP contribution < -0.4 is 0 Å². The molecule has 0 fully saturated rings. The minimum atomic E-state index is -0.790. The van der Waals surface area contributed by atoms with Crippen molar-refractivity contribution in [2.45, 2.75) is 6.92 Å². The molecule has 3 aromatic carbocycles. The Morgan fingerprint density at radius 1 is 0.806 bits per heavy atom. The van der Waals surface area contributed by atoms with Gasteiger partial charge in [0.2, 0.25) is 0 Å². The number of non-ortho nitro benzene ring substituents is 1. The number of hydrogen-bond donors (Lipinski definition) is 0. The summed E-state index contributed by atoms with van der Waals surface area (Å²) in [7, 11) is 0. The maximum absolute atomic E-state index is 11.8. The quantitative estimate of drug-likeness (QED) is 0.303. The average Bonchev–Trinajstić information content (AvgIpc) is 2.99. The number of rotatable bonds is 4. The molecule has 0 saturated heterocycles. The van der Waals surface area contributed by atoms with Crippen LogP contribution in [0.25, 0.3) is 11.1 Å². The van der Waals surface area contributed by atoms with E-state index in [1.807, 2.05) is 0 Å². The van der Waals surface area contributed by atoms with Crippen molar-refractivity contribution in [3.63, 3.8) is 0 Å². The van der Waals surface area contributed by atoms with Crippen LogP contribution in [0.5, 0.6) is 0 Å². The molecule has 0 atom stereocenters. The summed E-state index contributed by atoms with van der Waals surface area (Å²) in [5.41, 5.74) is -0.0878. The first-order chi connectivity index (χ1) is 14.7. The van der Waals surface area contributed by atoms with Gasteiger partial charge in [-0.05, 0) is 36.8 Å². The maximum atomic E-state index is 11.8. The summed E-state index contributed by atoms with van der Waals surface area (Å²) in [6.45, 7) is 1.64. The largest absolute Gasteiger partial charge is 0.285 e. The third-order valence-electron chi connectivity index (χ3n) is 4.78. The first-order valence-corrected chi connectivity index (χ1v) is 9.16. The van der Waals surface area contributed by atoms with E-state index in [4.69, 9.17) is 11.6 Å². The molecule has 3 aromatic rings. The Balaban J connectivity index is 2.17. The van der Waals surface area contributed by atoms with Crippen LogP contribution in [-0.2, 0) is 0 Å². The summed E-state index contributed by atoms with van der Waals surface area (Å²) in [5.74, 6) is 0. The van der Waals surface area contributed by atoms with Gasteiger partial charge in [-0.2, -0.15) is 0 Å². The van der Waals surface area contributed by atoms with Gasteiger partial charge in [-0.3, -0.25) is 30.3 Å². The maximum Gasteiger partial charge on any atom is 0.285 e. The molecule has 0 radical (unpaired) electrons. The molecule has 0 aliphatic heterocycles. The van der Waals surface area contributed by atoms with Crippen molar-refractivity contribution in [1.82, 2.24) is 0 Å². The molecule has 0 amide bonds. The van der Waals surface area contributed by atoms with Gasteiger partial charge in [0.1, 0.15) is 0 Å². The van der Waals surface area contributed by atoms with E-state index in [0.717, 1.165) is 12.1 Å². The van der Waals surface area contributed by atoms with Gasteiger partial charge in [-0.25, -0.2) is 4.99 Å². The number of aryl methyl sites for hydroxylation is 1. The van der Waals surface area contributed by atoms with Crippen LogP contribution in [0.15, 0.2) is 53.5 Å². The zero-order valence-electron chi connectivity index (χ0n) is 15.7. The summed E-state index contributed by atoms with van der Waals surface area (Å²) in [6, 6.07) is 11.3. The summed E-state index contributed by atoms with van der Waals surface area (Å²) in [5, 5.41) is 35.3. The minimum Gasteiger partial charge on any atom is -0.258 e. The molecular formula is C20H11ClN4O6. The van der Waals surface area contributed by atoms with Crippen molar-refractivity contribution in [3.8, 4) is 11.1 Å². The SMILES string of the molecule is Cc1cc2c(c([N+](=O)[O-])c1)-c1c(cc([N+](=O)[O-])cc1[N+](=O)[O-])C2=Nc1cccc(Cl)c1. The number of halogens is 1. The van der Waals surface area contributed by atoms with Gasteiger partial charge in [0.15, 0.2) is 0 Å². The lowest BCUT2D eigenvalue weighted by molar-refractivity contribution is -0.394. The van der Waals surface area contributed by atoms with E-state index in [2.05, 4.69) is 4.99 Å². The summed E-state index contributed by atoms with van der Waals surface area (Å²) in [4.78, 5) is 37.2. The molecule has 0 saturated carbocycles. The minimum absolute atomic E-state index is 0.00739. The predicted molar refractivity (Wildman–Crippen MR) is 113 cm³/mol. The molecule has 0 aromatic heterocycles. The number of benzene rings is 3. The summed E-state index contributed by atoms with van der Waals surface area (Å²) >= 11 is 6.02. The monoisotopic (exact) mass is 438 g/mol. The second-order valence-corrected chi connectivity index (χ2v) is 7.24. The highest BCUT2D eigenvalue weighted by molar-refractivity contribution is 6.31. The second kappa shape index (κ2) is 7.26. The van der Waals surface area contributed by atoms with Crippen molar-refractivity contribution >= 4 is 40.1 Å². The number of nitrogens with zero attached hydrogens (tertiary/aromatic N) is 4. The summed E-state index contributed by atoms with van der Waals surface area (Å²) in [6.07, 6.45) is 0. The lowest BCUT2D eigenvalue weighted by Crippen LogP contribution is -2.01. The van der Waals surface area contributed by atoms with Crippen molar-refractivity contribution in [3.05, 3.63) is 101 Å². The molecule has 0 heterocycles. The number of hydrogen-bond acceptors (Lipinski definition) is 7. The van der Waals surface area contributed by atoms with Crippen LogP contribution in [0.3, 0.4) is 0 Å². The van der Waals surface area contributed by atoms with Crippen LogP contribution in [0.4, 0.5) is 22.7 Å². The highest BCUT2D eigenvalue weighted by atomic mass is 35.5. The molecule has 1 aliphatic rings. The highest BCUT2D eigenvalue weighted by Gasteiger charge is 2.39. The van der Waals surface area contributed by atoms with Crippen molar-refractivity contribution in [1.29, 1.82) is 0 Å². The van der Waals surface area contributed by atoms with Gasteiger partial charge in [-0.1, -0.05) is 17.7 Å². The van der Waals surface area contributed by atoms with Crippen LogP contribution in [-0.4, -0.2) is 20.5 Å². The molecule has 0 N–H and O–H groups in total. The van der Waals surface area contributed by atoms with E-state index < -0.39 is 26.1 Å². The molecular weight excluding hydrogens is 428 g/mol. The zero-order valence-corrected chi connectivity index (χ0v) is 16.5. The van der Waals surface area contributed by atoms with Crippen LogP contribution in [0, 0.1) is 37.3 Å². The topological polar surface area (TPSA) is 142 Å². The number of fused-ring (bicyclic) bond motifs is 3. The Bertz CT molecular complexity index is 1350. The molecule has 0 spiro atoms. The average molecular weight is 439 g/mol. The van der Waals surface area contributed by atoms with E-state index >= 15 is 0 Å². The highest BCUT2D eigenvalue weighted by Crippen LogP contribution is 2.49. The lowest BCUT2D eigenvalue weighted by atomic mass is 10.00. The van der Waals surface area contributed by atoms with Crippen LogP contribution in [0.2, 0.25) is 5.02 Å². The zero-order chi connectivity index (χ0) is 22.4. The first-order valence-electron chi connectivity index (χ1n) is 8.78. The Labute approximate surface area is 178 Å². The number of nitro groups is 3. The molecule has 0 bridgehead atoms. The molecule has 0 unspecified atom stereocenters. The predicted octanol–water partition coefficient (Wildman–Crippen LogP) is 5.52. The molecule has 154 valence electrons. The Hall–Kier alpha value is -4.18. The van der Waals surface area contributed by atoms with Crippen molar-refractivity contribution in [2.24, 2.45) is 4.99 Å². The smallest absolute Gasteiger partial charge is 0.258 e. The Morgan fingerprint density at radius 2 is 1.42 bits per heavy atom. The molecule has 4 rings (SSSR count). The Kier molecular flexibility index (Phi) is 4.71. The van der Waals surface area contributed by atoms with Gasteiger partial charge >= 0.3 is 0 Å². The van der Waals surface area contributed by atoms with E-state index in [1.54, 1.807) is 37.3 Å². The third kappa shape index (κ3) is 3.38. The fourth-order valence-corrected chi connectivity index (χ4v) is 3.80. The fraction of sp³-hybridized carbons (Fsp3) is 0.0500. The normalized spacial score (nSPS) is 13.0. The summed E-state index contributed by atoms with van der Waals surface area (Å²) < 4.78 is 0. The van der Waals surface area contributed by atoms with Gasteiger partial charge in [0.25, 0.3) is 17.1 Å². The van der Waals surface area contributed by atoms with Gasteiger partial charge in [0.05, 0.1) is 43.4 Å². The van der Waals surface area contributed by atoms with Crippen molar-refractivity contribution in [2.75, 3.05) is 0 Å². The standard InChI is InChI=1S/C20H11ClN4O6/c1-10-5-14-18(16(6-10)24(28)29)19-15(8-13(23(26)27)9-17(19)25(30)31)20(14)22-12-4-2-3-11(21)7-12/h2-9H,1H3. The Morgan fingerprint density at radius 3 is 2.00 bits per heavy atom. The van der Waals surface area contributed by atoms with E-state index in [0.29, 0.717) is 16.3 Å². The van der Waals surface area contributed by atoms with E-state index in [1.165, 1.54) is 6.07 Å². The molecule has 11 heteroatoms. The lowest BCUT2D eigenvalue weighted by Gasteiger charge is -2.05. The van der Waals surface area contributed by atoms with Crippen molar-refractivity contribution < 1.29 is 14.8 Å². The van der Waals surface area contributed by atoms with Gasteiger partial charge in [0, 0.05) is 28.3 Å². The molecule has 31 heavy (non-hydrogen) atoms. The van der Waals surface area contributed by atoms with Gasteiger partial charge in [-0.15, -0.1) is 0 Å². The van der Waals surface area contributed by atoms with Crippen LogP contribution >= 0.6 is 11.6 Å². The van der Waals surface area contributed by atoms with E-state index in [-0.39, 0.29) is 33.7 Å². The first kappa shape index (κ1) is 20.1. The molecule has 10 nitrogen and oxygen atoms in total. The number of nitro benzene ring substituents is 3. The second-order valence-electron chi connectivity index (χ2n) is 6.81. The van der Waals surface area contributed by atoms with Crippen LogP contribution in [0.1, 0.15) is 16.7 Å². The van der Waals surface area contributed by atoms with E-state index in [9.17, 15) is 30.3 Å². The third-order valence-corrected chi connectivity index (χ3v) is 5.01. The van der Waals surface area contributed by atoms with Gasteiger partial charge < -0.3 is 0 Å².